The van der Waals surface area contributed by atoms with Crippen molar-refractivity contribution >= 4 is 11.8 Å². The lowest BCUT2D eigenvalue weighted by molar-refractivity contribution is 0.603. The maximum Gasteiger partial charge on any atom is 0.138 e. The van der Waals surface area contributed by atoms with E-state index in [1.807, 2.05) is 11.8 Å². The van der Waals surface area contributed by atoms with Gasteiger partial charge in [-0.25, -0.2) is 9.97 Å². The van der Waals surface area contributed by atoms with E-state index in [4.69, 9.17) is 9.97 Å². The number of nitrogens with zero attached hydrogens (tertiary/aromatic N) is 2. The van der Waals surface area contributed by atoms with E-state index in [9.17, 15) is 0 Å². The van der Waals surface area contributed by atoms with Crippen molar-refractivity contribution in [2.45, 2.75) is 57.6 Å². The molecule has 0 spiro atoms. The number of rotatable bonds is 4. The second kappa shape index (κ2) is 6.02. The summed E-state index contributed by atoms with van der Waals surface area (Å²) in [6.45, 7) is 10.8. The Hall–Kier alpha value is -0.610. The van der Waals surface area contributed by atoms with Gasteiger partial charge in [-0.1, -0.05) is 27.7 Å². The molecule has 0 radical (unpaired) electrons. The van der Waals surface area contributed by atoms with Gasteiger partial charge in [0.05, 0.1) is 17.1 Å². The molecule has 2 heterocycles. The van der Waals surface area contributed by atoms with E-state index >= 15 is 0 Å². The van der Waals surface area contributed by atoms with Crippen LogP contribution in [-0.4, -0.2) is 21.8 Å². The first-order chi connectivity index (χ1) is 8.58. The van der Waals surface area contributed by atoms with Crippen LogP contribution >= 0.6 is 11.8 Å². The van der Waals surface area contributed by atoms with E-state index in [2.05, 4.69) is 33.0 Å². The molecule has 0 aliphatic carbocycles. The summed E-state index contributed by atoms with van der Waals surface area (Å²) in [5.41, 5.74) is 3.85. The molecule has 3 nitrogen and oxygen atoms in total. The summed E-state index contributed by atoms with van der Waals surface area (Å²) in [4.78, 5) is 9.54. The topological polar surface area (TPSA) is 37.8 Å². The Balaban J connectivity index is 2.29. The number of aromatic nitrogens is 2. The summed E-state index contributed by atoms with van der Waals surface area (Å²) in [5, 5.41) is 4.05. The van der Waals surface area contributed by atoms with Gasteiger partial charge < -0.3 is 5.32 Å². The van der Waals surface area contributed by atoms with Crippen molar-refractivity contribution in [3.63, 3.8) is 0 Å². The molecule has 0 saturated heterocycles. The van der Waals surface area contributed by atoms with E-state index < -0.39 is 0 Å². The molecule has 0 saturated carbocycles. The monoisotopic (exact) mass is 265 g/mol. The molecule has 0 atom stereocenters. The van der Waals surface area contributed by atoms with Gasteiger partial charge in [0.1, 0.15) is 5.82 Å². The molecule has 0 unspecified atom stereocenters. The van der Waals surface area contributed by atoms with E-state index in [1.54, 1.807) is 0 Å². The SMILES string of the molecule is CC(C)SCc1nc2c(c(C(C)C)n1)CNCC2. The van der Waals surface area contributed by atoms with Crippen LogP contribution in [0.2, 0.25) is 0 Å². The molecule has 18 heavy (non-hydrogen) atoms. The molecule has 1 N–H and O–H groups in total. The lowest BCUT2D eigenvalue weighted by atomic mass is 9.98. The maximum absolute atomic E-state index is 4.79. The van der Waals surface area contributed by atoms with Crippen LogP contribution in [-0.2, 0) is 18.7 Å². The third-order valence-corrected chi connectivity index (χ3v) is 4.20. The zero-order valence-corrected chi connectivity index (χ0v) is 12.6. The van der Waals surface area contributed by atoms with Gasteiger partial charge >= 0.3 is 0 Å². The zero-order valence-electron chi connectivity index (χ0n) is 11.8. The van der Waals surface area contributed by atoms with Crippen LogP contribution in [0.3, 0.4) is 0 Å². The fourth-order valence-electron chi connectivity index (χ4n) is 2.21. The van der Waals surface area contributed by atoms with Crippen molar-refractivity contribution in [3.8, 4) is 0 Å². The van der Waals surface area contributed by atoms with Crippen molar-refractivity contribution in [1.82, 2.24) is 15.3 Å². The van der Waals surface area contributed by atoms with E-state index in [-0.39, 0.29) is 0 Å². The molecule has 1 aliphatic rings. The van der Waals surface area contributed by atoms with E-state index in [1.165, 1.54) is 17.0 Å². The summed E-state index contributed by atoms with van der Waals surface area (Å²) in [5.74, 6) is 2.42. The van der Waals surface area contributed by atoms with E-state index in [0.717, 1.165) is 31.1 Å². The average Bonchev–Trinajstić information content (AvgIpc) is 2.35. The fourth-order valence-corrected chi connectivity index (χ4v) is 2.82. The van der Waals surface area contributed by atoms with Crippen molar-refractivity contribution in [2.75, 3.05) is 6.54 Å². The first-order valence-electron chi connectivity index (χ1n) is 6.78. The van der Waals surface area contributed by atoms with Gasteiger partial charge in [0.2, 0.25) is 0 Å². The summed E-state index contributed by atoms with van der Waals surface area (Å²) >= 11 is 1.91. The predicted octanol–water partition coefficient (Wildman–Crippen LogP) is 2.89. The molecule has 4 heteroatoms. The Morgan fingerprint density at radius 2 is 2.00 bits per heavy atom. The van der Waals surface area contributed by atoms with Crippen LogP contribution in [0.5, 0.6) is 0 Å². The Bertz CT molecular complexity index is 416. The van der Waals surface area contributed by atoms with Crippen LogP contribution in [0, 0.1) is 0 Å². The second-order valence-electron chi connectivity index (χ2n) is 5.39. The minimum Gasteiger partial charge on any atom is -0.312 e. The predicted molar refractivity (Wildman–Crippen MR) is 78.0 cm³/mol. The van der Waals surface area contributed by atoms with Gasteiger partial charge in [-0.05, 0) is 11.2 Å². The lowest BCUT2D eigenvalue weighted by Crippen LogP contribution is -2.27. The molecular weight excluding hydrogens is 242 g/mol. The summed E-state index contributed by atoms with van der Waals surface area (Å²) in [7, 11) is 0. The third kappa shape index (κ3) is 3.23. The molecule has 0 bridgehead atoms. The minimum atomic E-state index is 0.476. The Kier molecular flexibility index (Phi) is 4.62. The van der Waals surface area contributed by atoms with Gasteiger partial charge in [-0.15, -0.1) is 0 Å². The van der Waals surface area contributed by atoms with Gasteiger partial charge in [0, 0.05) is 25.1 Å². The summed E-state index contributed by atoms with van der Waals surface area (Å²) in [6.07, 6.45) is 1.04. The standard InChI is InChI=1S/C14H23N3S/c1-9(2)14-11-7-15-6-5-12(11)16-13(17-14)8-18-10(3)4/h9-10,15H,5-8H2,1-4H3. The molecule has 0 amide bonds. The zero-order chi connectivity index (χ0) is 13.1. The molecule has 0 fully saturated rings. The fraction of sp³-hybridized carbons (Fsp3) is 0.714. The van der Waals surface area contributed by atoms with Crippen molar-refractivity contribution in [2.24, 2.45) is 0 Å². The highest BCUT2D eigenvalue weighted by atomic mass is 32.2. The number of hydrogen-bond donors (Lipinski definition) is 1. The van der Waals surface area contributed by atoms with Crippen LogP contribution in [0.15, 0.2) is 0 Å². The molecule has 1 aliphatic heterocycles. The summed E-state index contributed by atoms with van der Waals surface area (Å²) < 4.78 is 0. The van der Waals surface area contributed by atoms with E-state index in [0.29, 0.717) is 11.2 Å². The Morgan fingerprint density at radius 3 is 2.67 bits per heavy atom. The van der Waals surface area contributed by atoms with Crippen LogP contribution in [0.1, 0.15) is 56.4 Å². The quantitative estimate of drug-likeness (QED) is 0.908. The molecule has 2 rings (SSSR count). The Labute approximate surface area is 114 Å². The normalized spacial score (nSPS) is 15.2. The largest absolute Gasteiger partial charge is 0.312 e. The molecule has 0 aromatic carbocycles. The number of hydrogen-bond acceptors (Lipinski definition) is 4. The third-order valence-electron chi connectivity index (χ3n) is 3.10. The van der Waals surface area contributed by atoms with Crippen molar-refractivity contribution < 1.29 is 0 Å². The lowest BCUT2D eigenvalue weighted by Gasteiger charge is -2.21. The number of thioether (sulfide) groups is 1. The average molecular weight is 265 g/mol. The van der Waals surface area contributed by atoms with Gasteiger partial charge in [-0.3, -0.25) is 0 Å². The van der Waals surface area contributed by atoms with Crippen LogP contribution in [0.25, 0.3) is 0 Å². The van der Waals surface area contributed by atoms with Crippen molar-refractivity contribution in [3.05, 3.63) is 22.8 Å². The number of nitrogens with one attached hydrogen (secondary N) is 1. The maximum atomic E-state index is 4.79. The first-order valence-corrected chi connectivity index (χ1v) is 7.83. The molecular formula is C14H23N3S. The highest BCUT2D eigenvalue weighted by molar-refractivity contribution is 7.99. The highest BCUT2D eigenvalue weighted by Gasteiger charge is 2.19. The van der Waals surface area contributed by atoms with Crippen LogP contribution < -0.4 is 5.32 Å². The molecule has 1 aromatic heterocycles. The minimum absolute atomic E-state index is 0.476. The van der Waals surface area contributed by atoms with Crippen molar-refractivity contribution in [1.29, 1.82) is 0 Å². The highest BCUT2D eigenvalue weighted by Crippen LogP contribution is 2.24. The Morgan fingerprint density at radius 1 is 1.22 bits per heavy atom. The smallest absolute Gasteiger partial charge is 0.138 e. The van der Waals surface area contributed by atoms with Gasteiger partial charge in [0.25, 0.3) is 0 Å². The van der Waals surface area contributed by atoms with Gasteiger partial charge in [-0.2, -0.15) is 11.8 Å². The van der Waals surface area contributed by atoms with Crippen LogP contribution in [0.4, 0.5) is 0 Å². The molecule has 100 valence electrons. The molecule has 1 aromatic rings. The number of fused-ring (bicyclic) bond motifs is 1. The first kappa shape index (κ1) is 13.8. The second-order valence-corrected chi connectivity index (χ2v) is 6.96. The van der Waals surface area contributed by atoms with Gasteiger partial charge in [0.15, 0.2) is 0 Å². The summed E-state index contributed by atoms with van der Waals surface area (Å²) in [6, 6.07) is 0.